The first-order valence-corrected chi connectivity index (χ1v) is 11.8. The normalized spacial score (nSPS) is 11.5. The van der Waals surface area contributed by atoms with Crippen LogP contribution < -0.4 is 5.73 Å². The van der Waals surface area contributed by atoms with E-state index >= 15 is 0 Å². The molecule has 0 aliphatic carbocycles. The molecule has 0 fully saturated rings. The van der Waals surface area contributed by atoms with Crippen LogP contribution in [0.25, 0.3) is 0 Å². The van der Waals surface area contributed by atoms with Gasteiger partial charge in [0.2, 0.25) is 0 Å². The first-order valence-electron chi connectivity index (χ1n) is 11.8. The summed E-state index contributed by atoms with van der Waals surface area (Å²) < 4.78 is 12.1. The quantitative estimate of drug-likeness (QED) is 0.165. The third-order valence-corrected chi connectivity index (χ3v) is 5.00. The van der Waals surface area contributed by atoms with E-state index in [4.69, 9.17) is 15.2 Å². The summed E-state index contributed by atoms with van der Waals surface area (Å²) in [5.74, 6) is 0. The van der Waals surface area contributed by atoms with E-state index in [1.165, 1.54) is 96.3 Å². The zero-order valence-corrected chi connectivity index (χ0v) is 18.1. The molecule has 0 saturated carbocycles. The van der Waals surface area contributed by atoms with Crippen LogP contribution in [0.2, 0.25) is 0 Å². The van der Waals surface area contributed by atoms with Gasteiger partial charge in [0.05, 0.1) is 0 Å². The lowest BCUT2D eigenvalue weighted by molar-refractivity contribution is -0.148. The van der Waals surface area contributed by atoms with Gasteiger partial charge in [-0.15, -0.1) is 0 Å². The number of hydrogen-bond acceptors (Lipinski definition) is 3. The largest absolute Gasteiger partial charge is 0.353 e. The SMILES string of the molecule is CCCCCCCCOC(CCCCCCN)OCCCCCCCC. The van der Waals surface area contributed by atoms with Gasteiger partial charge in [0.1, 0.15) is 0 Å². The highest BCUT2D eigenvalue weighted by atomic mass is 16.7. The van der Waals surface area contributed by atoms with Crippen molar-refractivity contribution in [1.29, 1.82) is 0 Å². The molecule has 2 N–H and O–H groups in total. The molecule has 3 nitrogen and oxygen atoms in total. The van der Waals surface area contributed by atoms with Gasteiger partial charge >= 0.3 is 0 Å². The second-order valence-corrected chi connectivity index (χ2v) is 7.70. The van der Waals surface area contributed by atoms with Gasteiger partial charge in [0.25, 0.3) is 0 Å². The van der Waals surface area contributed by atoms with Gasteiger partial charge in [-0.05, 0) is 38.6 Å². The highest BCUT2D eigenvalue weighted by Gasteiger charge is 2.09. The average molecular weight is 372 g/mol. The van der Waals surface area contributed by atoms with Gasteiger partial charge < -0.3 is 15.2 Å². The van der Waals surface area contributed by atoms with Crippen LogP contribution in [0.3, 0.4) is 0 Å². The molecule has 0 aromatic carbocycles. The number of rotatable bonds is 22. The molecule has 0 saturated heterocycles. The molecule has 0 rings (SSSR count). The zero-order valence-electron chi connectivity index (χ0n) is 18.1. The Morgan fingerprint density at radius 2 is 0.962 bits per heavy atom. The topological polar surface area (TPSA) is 44.5 Å². The third-order valence-electron chi connectivity index (χ3n) is 5.00. The molecular weight excluding hydrogens is 322 g/mol. The molecule has 0 unspecified atom stereocenters. The van der Waals surface area contributed by atoms with Crippen LogP contribution in [0.4, 0.5) is 0 Å². The lowest BCUT2D eigenvalue weighted by Crippen LogP contribution is -2.19. The minimum Gasteiger partial charge on any atom is -0.353 e. The summed E-state index contributed by atoms with van der Waals surface area (Å²) in [4.78, 5) is 0. The Morgan fingerprint density at radius 1 is 0.538 bits per heavy atom. The highest BCUT2D eigenvalue weighted by molar-refractivity contribution is 4.52. The predicted molar refractivity (Wildman–Crippen MR) is 115 cm³/mol. The van der Waals surface area contributed by atoms with Crippen molar-refractivity contribution in [2.75, 3.05) is 19.8 Å². The molecule has 0 bridgehead atoms. The van der Waals surface area contributed by atoms with Gasteiger partial charge in [0, 0.05) is 13.2 Å². The van der Waals surface area contributed by atoms with Crippen molar-refractivity contribution in [3.63, 3.8) is 0 Å². The van der Waals surface area contributed by atoms with Gasteiger partial charge in [-0.3, -0.25) is 0 Å². The van der Waals surface area contributed by atoms with Crippen molar-refractivity contribution in [3.8, 4) is 0 Å². The maximum Gasteiger partial charge on any atom is 0.157 e. The Balaban J connectivity index is 3.75. The molecule has 158 valence electrons. The third kappa shape index (κ3) is 20.2. The van der Waals surface area contributed by atoms with Crippen LogP contribution in [0, 0.1) is 0 Å². The predicted octanol–water partition coefficient (Wildman–Crippen LogP) is 6.98. The Kier molecular flexibility index (Phi) is 22.8. The Labute approximate surface area is 164 Å². The summed E-state index contributed by atoms with van der Waals surface area (Å²) >= 11 is 0. The molecule has 0 radical (unpaired) electrons. The van der Waals surface area contributed by atoms with Gasteiger partial charge in [-0.2, -0.15) is 0 Å². The Morgan fingerprint density at radius 3 is 1.46 bits per heavy atom. The number of ether oxygens (including phenoxy) is 2. The molecule has 0 atom stereocenters. The molecule has 0 amide bonds. The fourth-order valence-corrected chi connectivity index (χ4v) is 3.22. The maximum absolute atomic E-state index is 6.05. The van der Waals surface area contributed by atoms with Crippen LogP contribution in [-0.2, 0) is 9.47 Å². The Bertz CT molecular complexity index is 230. The standard InChI is InChI=1S/C23H49NO2/c1-3-5-7-9-13-17-21-25-23(19-15-11-12-16-20-24)26-22-18-14-10-8-6-4-2/h23H,3-22,24H2,1-2H3. The zero-order chi connectivity index (χ0) is 19.1. The number of nitrogens with two attached hydrogens (primary N) is 1. The number of hydrogen-bond donors (Lipinski definition) is 1. The summed E-state index contributed by atoms with van der Waals surface area (Å²) in [5, 5.41) is 0. The summed E-state index contributed by atoms with van der Waals surface area (Å²) in [6.45, 7) is 7.06. The van der Waals surface area contributed by atoms with Crippen molar-refractivity contribution in [3.05, 3.63) is 0 Å². The van der Waals surface area contributed by atoms with Gasteiger partial charge in [-0.1, -0.05) is 90.9 Å². The van der Waals surface area contributed by atoms with Crippen molar-refractivity contribution in [1.82, 2.24) is 0 Å². The van der Waals surface area contributed by atoms with Crippen LogP contribution in [0.5, 0.6) is 0 Å². The second kappa shape index (κ2) is 22.9. The fourth-order valence-electron chi connectivity index (χ4n) is 3.22. The fraction of sp³-hybridized carbons (Fsp3) is 1.00. The number of unbranched alkanes of at least 4 members (excludes halogenated alkanes) is 13. The molecule has 3 heteroatoms. The lowest BCUT2D eigenvalue weighted by atomic mass is 10.1. The summed E-state index contributed by atoms with van der Waals surface area (Å²) in [6, 6.07) is 0. The second-order valence-electron chi connectivity index (χ2n) is 7.70. The first kappa shape index (κ1) is 25.9. The lowest BCUT2D eigenvalue weighted by Gasteiger charge is -2.19. The minimum absolute atomic E-state index is 0.0131. The van der Waals surface area contributed by atoms with E-state index in [1.54, 1.807) is 0 Å². The van der Waals surface area contributed by atoms with Gasteiger partial charge in [-0.25, -0.2) is 0 Å². The molecule has 0 aromatic heterocycles. The van der Waals surface area contributed by atoms with E-state index in [1.807, 2.05) is 0 Å². The molecule has 26 heavy (non-hydrogen) atoms. The molecule has 0 aromatic rings. The first-order chi connectivity index (χ1) is 12.8. The van der Waals surface area contributed by atoms with E-state index in [2.05, 4.69) is 13.8 Å². The molecule has 0 aliphatic rings. The van der Waals surface area contributed by atoms with Crippen molar-refractivity contribution < 1.29 is 9.47 Å². The van der Waals surface area contributed by atoms with E-state index in [0.717, 1.165) is 32.6 Å². The van der Waals surface area contributed by atoms with Crippen LogP contribution in [-0.4, -0.2) is 26.0 Å². The van der Waals surface area contributed by atoms with Crippen LogP contribution in [0.1, 0.15) is 123 Å². The van der Waals surface area contributed by atoms with E-state index in [-0.39, 0.29) is 6.29 Å². The van der Waals surface area contributed by atoms with Crippen LogP contribution in [0.15, 0.2) is 0 Å². The van der Waals surface area contributed by atoms with Crippen molar-refractivity contribution in [2.45, 2.75) is 129 Å². The van der Waals surface area contributed by atoms with E-state index in [9.17, 15) is 0 Å². The summed E-state index contributed by atoms with van der Waals surface area (Å²) in [6.07, 6.45) is 21.6. The van der Waals surface area contributed by atoms with Crippen molar-refractivity contribution >= 4 is 0 Å². The average Bonchev–Trinajstić information content (AvgIpc) is 2.65. The summed E-state index contributed by atoms with van der Waals surface area (Å²) in [5.41, 5.74) is 5.57. The van der Waals surface area contributed by atoms with Crippen LogP contribution >= 0.6 is 0 Å². The monoisotopic (exact) mass is 371 g/mol. The molecular formula is C23H49NO2. The smallest absolute Gasteiger partial charge is 0.157 e. The summed E-state index contributed by atoms with van der Waals surface area (Å²) in [7, 11) is 0. The van der Waals surface area contributed by atoms with E-state index in [0.29, 0.717) is 0 Å². The highest BCUT2D eigenvalue weighted by Crippen LogP contribution is 2.13. The maximum atomic E-state index is 6.05. The Hall–Kier alpha value is -0.120. The minimum atomic E-state index is 0.0131. The molecule has 0 aliphatic heterocycles. The molecule has 0 heterocycles. The molecule has 0 spiro atoms. The van der Waals surface area contributed by atoms with Gasteiger partial charge in [0.15, 0.2) is 6.29 Å². The van der Waals surface area contributed by atoms with E-state index < -0.39 is 0 Å². The van der Waals surface area contributed by atoms with Crippen molar-refractivity contribution in [2.24, 2.45) is 5.73 Å².